The van der Waals surface area contributed by atoms with E-state index in [2.05, 4.69) is 53.4 Å². The van der Waals surface area contributed by atoms with Crippen LogP contribution in [0.25, 0.3) is 16.9 Å². The number of rotatable bonds is 4. The van der Waals surface area contributed by atoms with Crippen LogP contribution in [0.5, 0.6) is 5.75 Å². The molecule has 0 aliphatic carbocycles. The highest BCUT2D eigenvalue weighted by atomic mass is 16.3. The normalized spacial score (nSPS) is 11.2. The number of benzene rings is 2. The highest BCUT2D eigenvalue weighted by Gasteiger charge is 2.11. The first-order chi connectivity index (χ1) is 12.6. The number of nitrogens with one attached hydrogen (secondary N) is 1. The molecule has 0 aliphatic rings. The van der Waals surface area contributed by atoms with Gasteiger partial charge in [-0.2, -0.15) is 0 Å². The number of aromatic hydroxyl groups is 1. The zero-order valence-electron chi connectivity index (χ0n) is 14.7. The quantitative estimate of drug-likeness (QED) is 0.549. The second kappa shape index (κ2) is 6.52. The average Bonchev–Trinajstić information content (AvgIpc) is 3.07. The van der Waals surface area contributed by atoms with Gasteiger partial charge in [0.05, 0.1) is 11.9 Å². The van der Waals surface area contributed by atoms with E-state index in [1.54, 1.807) is 24.5 Å². The van der Waals surface area contributed by atoms with Crippen LogP contribution in [0.4, 0.5) is 11.5 Å². The van der Waals surface area contributed by atoms with Crippen molar-refractivity contribution < 1.29 is 5.11 Å². The number of anilines is 2. The molecule has 2 aromatic carbocycles. The SMILES string of the molecule is CC(C)c1ccc(Nc2nccn3c(-c4cccc(O)c4)cnc23)cc1. The predicted molar refractivity (Wildman–Crippen MR) is 104 cm³/mol. The topological polar surface area (TPSA) is 62.5 Å². The summed E-state index contributed by atoms with van der Waals surface area (Å²) >= 11 is 0. The standard InChI is InChI=1S/C21H20N4O/c1-14(2)15-6-8-17(9-7-15)24-20-21-23-13-19(25(21)11-10-22-20)16-4-3-5-18(26)12-16/h3-14,26H,1-2H3,(H,22,24). The van der Waals surface area contributed by atoms with Crippen molar-refractivity contribution in [2.75, 3.05) is 5.32 Å². The molecule has 2 aromatic heterocycles. The Hall–Kier alpha value is -3.34. The minimum absolute atomic E-state index is 0.232. The molecule has 4 aromatic rings. The van der Waals surface area contributed by atoms with Gasteiger partial charge in [0.15, 0.2) is 11.5 Å². The van der Waals surface area contributed by atoms with Gasteiger partial charge in [-0.3, -0.25) is 4.40 Å². The summed E-state index contributed by atoms with van der Waals surface area (Å²) in [5.41, 5.74) is 4.80. The summed E-state index contributed by atoms with van der Waals surface area (Å²) in [6, 6.07) is 15.5. The highest BCUT2D eigenvalue weighted by Crippen LogP contribution is 2.27. The van der Waals surface area contributed by atoms with E-state index in [0.29, 0.717) is 11.7 Å². The fourth-order valence-corrected chi connectivity index (χ4v) is 2.97. The molecule has 4 rings (SSSR count). The first-order valence-electron chi connectivity index (χ1n) is 8.60. The number of hydrogen-bond donors (Lipinski definition) is 2. The van der Waals surface area contributed by atoms with Crippen LogP contribution in [0.3, 0.4) is 0 Å². The van der Waals surface area contributed by atoms with Gasteiger partial charge in [0.25, 0.3) is 0 Å². The van der Waals surface area contributed by atoms with Crippen molar-refractivity contribution in [2.24, 2.45) is 0 Å². The van der Waals surface area contributed by atoms with Crippen LogP contribution >= 0.6 is 0 Å². The van der Waals surface area contributed by atoms with E-state index in [0.717, 1.165) is 22.6 Å². The molecule has 130 valence electrons. The molecule has 0 aliphatic heterocycles. The lowest BCUT2D eigenvalue weighted by Crippen LogP contribution is -1.99. The molecule has 0 fully saturated rings. The predicted octanol–water partition coefficient (Wildman–Crippen LogP) is 4.97. The van der Waals surface area contributed by atoms with Crippen molar-refractivity contribution in [3.8, 4) is 17.0 Å². The fourth-order valence-electron chi connectivity index (χ4n) is 2.97. The monoisotopic (exact) mass is 344 g/mol. The highest BCUT2D eigenvalue weighted by molar-refractivity contribution is 5.74. The van der Waals surface area contributed by atoms with E-state index in [-0.39, 0.29) is 5.75 Å². The van der Waals surface area contributed by atoms with Gasteiger partial charge in [0, 0.05) is 23.6 Å². The second-order valence-corrected chi connectivity index (χ2v) is 6.56. The molecule has 0 spiro atoms. The van der Waals surface area contributed by atoms with E-state index in [1.807, 2.05) is 22.7 Å². The van der Waals surface area contributed by atoms with E-state index >= 15 is 0 Å². The third kappa shape index (κ3) is 2.99. The van der Waals surface area contributed by atoms with Crippen LogP contribution in [0, 0.1) is 0 Å². The van der Waals surface area contributed by atoms with Crippen LogP contribution in [0.15, 0.2) is 67.1 Å². The summed E-state index contributed by atoms with van der Waals surface area (Å²) in [6.45, 7) is 4.36. The van der Waals surface area contributed by atoms with E-state index < -0.39 is 0 Å². The Morgan fingerprint density at radius 1 is 1.04 bits per heavy atom. The lowest BCUT2D eigenvalue weighted by Gasteiger charge is -2.10. The zero-order chi connectivity index (χ0) is 18.1. The maximum Gasteiger partial charge on any atom is 0.180 e. The molecule has 2 heterocycles. The number of hydrogen-bond acceptors (Lipinski definition) is 4. The Labute approximate surface area is 152 Å². The number of nitrogens with zero attached hydrogens (tertiary/aromatic N) is 3. The molecule has 0 saturated carbocycles. The lowest BCUT2D eigenvalue weighted by atomic mass is 10.0. The Morgan fingerprint density at radius 2 is 1.85 bits per heavy atom. The summed E-state index contributed by atoms with van der Waals surface area (Å²) < 4.78 is 1.96. The molecule has 26 heavy (non-hydrogen) atoms. The molecule has 0 amide bonds. The smallest absolute Gasteiger partial charge is 0.180 e. The van der Waals surface area contributed by atoms with Gasteiger partial charge in [0.2, 0.25) is 0 Å². The van der Waals surface area contributed by atoms with Crippen LogP contribution in [-0.4, -0.2) is 19.5 Å². The maximum absolute atomic E-state index is 9.74. The molecule has 0 bridgehead atoms. The molecule has 5 nitrogen and oxygen atoms in total. The molecular weight excluding hydrogens is 324 g/mol. The van der Waals surface area contributed by atoms with E-state index in [4.69, 9.17) is 0 Å². The molecule has 0 atom stereocenters. The minimum atomic E-state index is 0.232. The third-order valence-electron chi connectivity index (χ3n) is 4.41. The summed E-state index contributed by atoms with van der Waals surface area (Å²) in [7, 11) is 0. The molecule has 0 radical (unpaired) electrons. The lowest BCUT2D eigenvalue weighted by molar-refractivity contribution is 0.475. The Kier molecular flexibility index (Phi) is 4.05. The van der Waals surface area contributed by atoms with Crippen molar-refractivity contribution in [1.82, 2.24) is 14.4 Å². The largest absolute Gasteiger partial charge is 0.508 e. The van der Waals surface area contributed by atoms with Gasteiger partial charge in [-0.25, -0.2) is 9.97 Å². The van der Waals surface area contributed by atoms with Crippen LogP contribution in [0.1, 0.15) is 25.3 Å². The Bertz CT molecular complexity index is 1050. The van der Waals surface area contributed by atoms with Gasteiger partial charge >= 0.3 is 0 Å². The number of phenolic OH excluding ortho intramolecular Hbond substituents is 1. The minimum Gasteiger partial charge on any atom is -0.508 e. The maximum atomic E-state index is 9.74. The van der Waals surface area contributed by atoms with E-state index in [9.17, 15) is 5.11 Å². The fraction of sp³-hybridized carbons (Fsp3) is 0.143. The van der Waals surface area contributed by atoms with Crippen molar-refractivity contribution in [1.29, 1.82) is 0 Å². The Morgan fingerprint density at radius 3 is 2.58 bits per heavy atom. The summed E-state index contributed by atoms with van der Waals surface area (Å²) in [4.78, 5) is 8.96. The van der Waals surface area contributed by atoms with Gasteiger partial charge in [-0.05, 0) is 35.7 Å². The van der Waals surface area contributed by atoms with Crippen molar-refractivity contribution in [3.05, 3.63) is 72.7 Å². The van der Waals surface area contributed by atoms with Crippen LogP contribution in [0.2, 0.25) is 0 Å². The average molecular weight is 344 g/mol. The zero-order valence-corrected chi connectivity index (χ0v) is 14.7. The molecule has 0 saturated heterocycles. The van der Waals surface area contributed by atoms with E-state index in [1.165, 1.54) is 5.56 Å². The number of aromatic nitrogens is 3. The molecular formula is C21H20N4O. The van der Waals surface area contributed by atoms with Crippen molar-refractivity contribution in [2.45, 2.75) is 19.8 Å². The number of phenols is 1. The second-order valence-electron chi connectivity index (χ2n) is 6.56. The van der Waals surface area contributed by atoms with Crippen LogP contribution in [-0.2, 0) is 0 Å². The van der Waals surface area contributed by atoms with Gasteiger partial charge < -0.3 is 10.4 Å². The van der Waals surface area contributed by atoms with Gasteiger partial charge in [0.1, 0.15) is 5.75 Å². The number of fused-ring (bicyclic) bond motifs is 1. The molecule has 2 N–H and O–H groups in total. The summed E-state index contributed by atoms with van der Waals surface area (Å²) in [5, 5.41) is 13.1. The van der Waals surface area contributed by atoms with Gasteiger partial charge in [-0.1, -0.05) is 38.1 Å². The van der Waals surface area contributed by atoms with Crippen LogP contribution < -0.4 is 5.32 Å². The Balaban J connectivity index is 1.71. The van der Waals surface area contributed by atoms with Gasteiger partial charge in [-0.15, -0.1) is 0 Å². The number of imidazole rings is 1. The summed E-state index contributed by atoms with van der Waals surface area (Å²) in [6.07, 6.45) is 5.40. The first-order valence-corrected chi connectivity index (χ1v) is 8.60. The third-order valence-corrected chi connectivity index (χ3v) is 4.41. The van der Waals surface area contributed by atoms with Crippen molar-refractivity contribution >= 4 is 17.2 Å². The first kappa shape index (κ1) is 16.1. The molecule has 0 unspecified atom stereocenters. The molecule has 5 heteroatoms. The summed E-state index contributed by atoms with van der Waals surface area (Å²) in [5.74, 6) is 1.43. The van der Waals surface area contributed by atoms with Crippen molar-refractivity contribution in [3.63, 3.8) is 0 Å².